The molecule has 1 unspecified atom stereocenters. The smallest absolute Gasteiger partial charge is 0.315 e. The third kappa shape index (κ3) is 3.02. The highest BCUT2D eigenvalue weighted by molar-refractivity contribution is 5.90. The van der Waals surface area contributed by atoms with Crippen LogP contribution in [0.2, 0.25) is 0 Å². The number of carboxylic acid groups (broad SMARTS) is 1. The largest absolute Gasteiger partial charge is 0.481 e. The van der Waals surface area contributed by atoms with Crippen LogP contribution in [0.4, 0.5) is 0 Å². The molecule has 0 aromatic rings. The fourth-order valence-electron chi connectivity index (χ4n) is 9.24. The lowest BCUT2D eigenvalue weighted by molar-refractivity contribution is -0.233. The second kappa shape index (κ2) is 8.31. The highest BCUT2D eigenvalue weighted by atomic mass is 16.7. The van der Waals surface area contributed by atoms with E-state index >= 15 is 0 Å². The molecule has 0 aromatic carbocycles. The van der Waals surface area contributed by atoms with Crippen LogP contribution in [0.3, 0.4) is 0 Å². The number of carboxylic acids is 1. The van der Waals surface area contributed by atoms with Gasteiger partial charge in [0.05, 0.1) is 24.7 Å². The minimum Gasteiger partial charge on any atom is -0.481 e. The van der Waals surface area contributed by atoms with E-state index in [1.807, 2.05) is 6.92 Å². The highest BCUT2D eigenvalue weighted by Gasteiger charge is 2.84. The van der Waals surface area contributed by atoms with E-state index in [0.29, 0.717) is 31.3 Å². The number of hydrogen-bond acceptors (Lipinski definition) is 5. The van der Waals surface area contributed by atoms with Crippen molar-refractivity contribution in [3.05, 3.63) is 36.6 Å². The van der Waals surface area contributed by atoms with Gasteiger partial charge in [-0.05, 0) is 61.9 Å². The van der Waals surface area contributed by atoms with Gasteiger partial charge in [0.1, 0.15) is 11.7 Å². The van der Waals surface area contributed by atoms with Crippen molar-refractivity contribution in [1.82, 2.24) is 4.90 Å². The van der Waals surface area contributed by atoms with Crippen molar-refractivity contribution in [2.75, 3.05) is 19.7 Å². The second-order valence-electron chi connectivity index (χ2n) is 12.3. The molecule has 1 N–H and O–H groups in total. The Balaban J connectivity index is 1.55. The SMILES string of the molecule is C=CC(=C)N1C[C@H](OCC23C[C@@H]4[C@H](C)CC[C@H]4[C@@]4(C=O)C[C@@H]2C=C(C(C)C)[C@@]34C(=O)O)O[C@H](C)C1. The van der Waals surface area contributed by atoms with Gasteiger partial charge in [-0.2, -0.15) is 0 Å². The van der Waals surface area contributed by atoms with E-state index in [2.05, 4.69) is 44.9 Å². The number of carbonyl (C=O) groups is 2. The molecule has 5 aliphatic rings. The Hall–Kier alpha value is -1.92. The third-order valence-corrected chi connectivity index (χ3v) is 10.5. The molecule has 1 saturated heterocycles. The topological polar surface area (TPSA) is 76.1 Å². The highest BCUT2D eigenvalue weighted by Crippen LogP contribution is 2.82. The first-order chi connectivity index (χ1) is 16.6. The van der Waals surface area contributed by atoms with Gasteiger partial charge in [0.15, 0.2) is 6.29 Å². The maximum absolute atomic E-state index is 13.5. The molecule has 6 nitrogen and oxygen atoms in total. The number of rotatable bonds is 8. The minimum absolute atomic E-state index is 0.0271. The van der Waals surface area contributed by atoms with Crippen molar-refractivity contribution in [2.24, 2.45) is 45.8 Å². The van der Waals surface area contributed by atoms with E-state index in [1.54, 1.807) is 6.08 Å². The Morgan fingerprint density at radius 2 is 2.06 bits per heavy atom. The zero-order valence-electron chi connectivity index (χ0n) is 21.7. The molecule has 5 rings (SSSR count). The van der Waals surface area contributed by atoms with Gasteiger partial charge < -0.3 is 24.3 Å². The average Bonchev–Trinajstić information content (AvgIpc) is 3.39. The quantitative estimate of drug-likeness (QED) is 0.307. The van der Waals surface area contributed by atoms with Crippen molar-refractivity contribution in [1.29, 1.82) is 0 Å². The molecular weight excluding hydrogens is 442 g/mol. The van der Waals surface area contributed by atoms with Crippen LogP contribution in [0.5, 0.6) is 0 Å². The molecule has 4 bridgehead atoms. The molecule has 192 valence electrons. The zero-order chi connectivity index (χ0) is 25.3. The van der Waals surface area contributed by atoms with Gasteiger partial charge in [-0.15, -0.1) is 0 Å². The van der Waals surface area contributed by atoms with Crippen LogP contribution in [0.15, 0.2) is 36.6 Å². The van der Waals surface area contributed by atoms with Crippen LogP contribution in [-0.2, 0) is 19.1 Å². The van der Waals surface area contributed by atoms with E-state index in [9.17, 15) is 14.7 Å². The van der Waals surface area contributed by atoms with Crippen LogP contribution in [0.1, 0.15) is 53.4 Å². The number of ether oxygens (including phenoxy) is 2. The molecule has 1 heterocycles. The summed E-state index contributed by atoms with van der Waals surface area (Å²) >= 11 is 0. The Morgan fingerprint density at radius 3 is 2.69 bits per heavy atom. The van der Waals surface area contributed by atoms with Crippen molar-refractivity contribution >= 4 is 12.3 Å². The summed E-state index contributed by atoms with van der Waals surface area (Å²) in [6.45, 7) is 17.9. The number of allylic oxidation sites excluding steroid dienone is 2. The maximum Gasteiger partial charge on any atom is 0.315 e. The van der Waals surface area contributed by atoms with E-state index in [1.165, 1.54) is 0 Å². The normalized spacial score (nSPS) is 45.9. The number of morpholine rings is 1. The molecule has 6 heteroatoms. The molecule has 3 saturated carbocycles. The number of hydrogen-bond donors (Lipinski definition) is 1. The van der Waals surface area contributed by atoms with E-state index in [-0.39, 0.29) is 30.5 Å². The minimum atomic E-state index is -1.21. The zero-order valence-corrected chi connectivity index (χ0v) is 21.7. The Labute approximate surface area is 209 Å². The molecule has 1 aliphatic heterocycles. The van der Waals surface area contributed by atoms with E-state index < -0.39 is 28.5 Å². The third-order valence-electron chi connectivity index (χ3n) is 10.5. The summed E-state index contributed by atoms with van der Waals surface area (Å²) in [6.07, 6.45) is 7.91. The molecule has 35 heavy (non-hydrogen) atoms. The number of carbonyl (C=O) groups excluding carboxylic acids is 1. The van der Waals surface area contributed by atoms with Crippen LogP contribution in [-0.4, -0.2) is 54.4 Å². The second-order valence-corrected chi connectivity index (χ2v) is 12.3. The van der Waals surface area contributed by atoms with E-state index in [0.717, 1.165) is 36.8 Å². The van der Waals surface area contributed by atoms with Gasteiger partial charge in [0.2, 0.25) is 0 Å². The Kier molecular flexibility index (Phi) is 5.88. The van der Waals surface area contributed by atoms with Crippen molar-refractivity contribution in [3.8, 4) is 0 Å². The summed E-state index contributed by atoms with van der Waals surface area (Å²) in [6, 6.07) is 0. The lowest BCUT2D eigenvalue weighted by Crippen LogP contribution is -2.64. The van der Waals surface area contributed by atoms with E-state index in [4.69, 9.17) is 9.47 Å². The standard InChI is InChI=1S/C29H41NO5/c1-7-19(5)30-13-20(6)35-25(14-30)34-16-28-12-22-18(4)8-9-23(22)27(15-31)11-21(28)10-24(17(2)3)29(27,28)26(32)33/h7,10,15,17-18,20-23,25H,1,5,8-9,11-14,16H2,2-4,6H3,(H,32,33)/t18-,20-,21+,22-,23-,25-,27+,28?,29+/m1/s1. The molecule has 0 amide bonds. The van der Waals surface area contributed by atoms with Crippen molar-refractivity contribution in [3.63, 3.8) is 0 Å². The van der Waals surface area contributed by atoms with Crippen molar-refractivity contribution in [2.45, 2.75) is 65.8 Å². The van der Waals surface area contributed by atoms with Gasteiger partial charge >= 0.3 is 5.97 Å². The molecule has 0 aromatic heterocycles. The summed E-state index contributed by atoms with van der Waals surface area (Å²) in [5.41, 5.74) is -0.938. The molecule has 0 radical (unpaired) electrons. The lowest BCUT2D eigenvalue weighted by Gasteiger charge is -2.58. The first-order valence-corrected chi connectivity index (χ1v) is 13.3. The molecule has 0 spiro atoms. The molecule has 9 atom stereocenters. The Morgan fingerprint density at radius 1 is 1.31 bits per heavy atom. The van der Waals surface area contributed by atoms with Crippen LogP contribution in [0.25, 0.3) is 0 Å². The van der Waals surface area contributed by atoms with Crippen LogP contribution in [0, 0.1) is 45.8 Å². The number of aliphatic carboxylic acids is 1. The average molecular weight is 484 g/mol. The van der Waals surface area contributed by atoms with Gasteiger partial charge in [0, 0.05) is 17.7 Å². The first-order valence-electron chi connectivity index (χ1n) is 13.3. The Bertz CT molecular complexity index is 972. The molecular formula is C29H41NO5. The van der Waals surface area contributed by atoms with Crippen LogP contribution < -0.4 is 0 Å². The predicted octanol–water partition coefficient (Wildman–Crippen LogP) is 4.67. The monoisotopic (exact) mass is 483 g/mol. The lowest BCUT2D eigenvalue weighted by atomic mass is 9.43. The summed E-state index contributed by atoms with van der Waals surface area (Å²) in [7, 11) is 0. The molecule has 4 fully saturated rings. The van der Waals surface area contributed by atoms with Gasteiger partial charge in [-0.1, -0.05) is 52.0 Å². The predicted molar refractivity (Wildman–Crippen MR) is 133 cm³/mol. The summed E-state index contributed by atoms with van der Waals surface area (Å²) in [5, 5.41) is 11.1. The van der Waals surface area contributed by atoms with Crippen LogP contribution >= 0.6 is 0 Å². The van der Waals surface area contributed by atoms with Gasteiger partial charge in [-0.3, -0.25) is 4.79 Å². The number of nitrogens with zero attached hydrogens (tertiary/aromatic N) is 1. The number of aldehydes is 1. The maximum atomic E-state index is 13.5. The summed E-state index contributed by atoms with van der Waals surface area (Å²) in [4.78, 5) is 28.7. The fourth-order valence-corrected chi connectivity index (χ4v) is 9.24. The summed E-state index contributed by atoms with van der Waals surface area (Å²) in [5.74, 6) is 0.212. The number of fused-ring (bicyclic) bond motifs is 2. The van der Waals surface area contributed by atoms with Crippen molar-refractivity contribution < 1.29 is 24.2 Å². The fraction of sp³-hybridized carbons (Fsp3) is 0.724. The first kappa shape index (κ1) is 24.8. The van der Waals surface area contributed by atoms with Gasteiger partial charge in [-0.25, -0.2) is 0 Å². The summed E-state index contributed by atoms with van der Waals surface area (Å²) < 4.78 is 12.7. The van der Waals surface area contributed by atoms with Gasteiger partial charge in [0.25, 0.3) is 0 Å². The molecule has 4 aliphatic carbocycles.